The molecule has 150 valence electrons. The molecular weight excluding hydrogens is 391 g/mol. The molecule has 0 aliphatic carbocycles. The van der Waals surface area contributed by atoms with Gasteiger partial charge in [0.25, 0.3) is 15.9 Å². The summed E-state index contributed by atoms with van der Waals surface area (Å²) in [5.41, 5.74) is 2.41. The Morgan fingerprint density at radius 2 is 1.62 bits per heavy atom. The molecule has 3 aromatic carbocycles. The van der Waals surface area contributed by atoms with Crippen molar-refractivity contribution in [3.05, 3.63) is 95.3 Å². The van der Waals surface area contributed by atoms with E-state index in [1.54, 1.807) is 43.3 Å². The Bertz CT molecular complexity index is 1110. The molecule has 3 rings (SSSR count). The Morgan fingerprint density at radius 3 is 2.28 bits per heavy atom. The first-order valence-electron chi connectivity index (χ1n) is 9.00. The fourth-order valence-corrected chi connectivity index (χ4v) is 3.86. The van der Waals surface area contributed by atoms with Gasteiger partial charge in [-0.25, -0.2) is 12.8 Å². The third-order valence-electron chi connectivity index (χ3n) is 4.43. The normalized spacial score (nSPS) is 12.2. The largest absolute Gasteiger partial charge is 0.346 e. The van der Waals surface area contributed by atoms with Crippen molar-refractivity contribution >= 4 is 21.6 Å². The lowest BCUT2D eigenvalue weighted by atomic mass is 10.1. The summed E-state index contributed by atoms with van der Waals surface area (Å²) in [6, 6.07) is 18.2. The van der Waals surface area contributed by atoms with Gasteiger partial charge in [-0.1, -0.05) is 35.9 Å². The van der Waals surface area contributed by atoms with Crippen molar-refractivity contribution in [2.24, 2.45) is 0 Å². The summed E-state index contributed by atoms with van der Waals surface area (Å²) in [4.78, 5) is 12.6. The number of carbonyl (C=O) groups excluding carboxylic acids is 1. The zero-order valence-corrected chi connectivity index (χ0v) is 16.8. The van der Waals surface area contributed by atoms with E-state index >= 15 is 0 Å². The molecule has 0 heterocycles. The van der Waals surface area contributed by atoms with Crippen molar-refractivity contribution < 1.29 is 17.6 Å². The lowest BCUT2D eigenvalue weighted by Crippen LogP contribution is -2.27. The van der Waals surface area contributed by atoms with Crippen LogP contribution in [-0.4, -0.2) is 14.3 Å². The average Bonchev–Trinajstić information content (AvgIpc) is 2.70. The number of sulfonamides is 1. The Kier molecular flexibility index (Phi) is 5.98. The lowest BCUT2D eigenvalue weighted by molar-refractivity contribution is 0.0939. The second kappa shape index (κ2) is 8.45. The number of carbonyl (C=O) groups is 1. The summed E-state index contributed by atoms with van der Waals surface area (Å²) < 4.78 is 40.9. The monoisotopic (exact) mass is 412 g/mol. The van der Waals surface area contributed by atoms with Crippen molar-refractivity contribution in [1.82, 2.24) is 5.32 Å². The van der Waals surface area contributed by atoms with E-state index in [1.807, 2.05) is 6.92 Å². The molecule has 29 heavy (non-hydrogen) atoms. The number of anilines is 1. The second-order valence-electron chi connectivity index (χ2n) is 6.75. The predicted octanol–water partition coefficient (Wildman–Crippen LogP) is 4.43. The molecule has 0 aliphatic rings. The van der Waals surface area contributed by atoms with Crippen LogP contribution in [0.3, 0.4) is 0 Å². The van der Waals surface area contributed by atoms with Crippen molar-refractivity contribution in [2.75, 3.05) is 4.72 Å². The minimum Gasteiger partial charge on any atom is -0.346 e. The van der Waals surface area contributed by atoms with Crippen LogP contribution in [0.2, 0.25) is 0 Å². The number of hydrogen-bond donors (Lipinski definition) is 2. The minimum absolute atomic E-state index is 0.0137. The van der Waals surface area contributed by atoms with Gasteiger partial charge in [0.05, 0.1) is 10.9 Å². The molecule has 0 aliphatic heterocycles. The van der Waals surface area contributed by atoms with Crippen molar-refractivity contribution in [2.45, 2.75) is 24.8 Å². The molecule has 0 aromatic heterocycles. The highest BCUT2D eigenvalue weighted by atomic mass is 32.2. The molecule has 1 amide bonds. The number of benzene rings is 3. The van der Waals surface area contributed by atoms with Crippen molar-refractivity contribution in [3.8, 4) is 0 Å². The van der Waals surface area contributed by atoms with Gasteiger partial charge >= 0.3 is 0 Å². The minimum atomic E-state index is -3.84. The topological polar surface area (TPSA) is 75.3 Å². The molecule has 0 fully saturated rings. The van der Waals surface area contributed by atoms with Gasteiger partial charge in [0.15, 0.2) is 0 Å². The van der Waals surface area contributed by atoms with Crippen LogP contribution in [0.4, 0.5) is 10.1 Å². The van der Waals surface area contributed by atoms with E-state index in [4.69, 9.17) is 0 Å². The van der Waals surface area contributed by atoms with Crippen LogP contribution in [0.1, 0.15) is 34.5 Å². The summed E-state index contributed by atoms with van der Waals surface area (Å²) >= 11 is 0. The maximum Gasteiger partial charge on any atom is 0.261 e. The van der Waals surface area contributed by atoms with Crippen molar-refractivity contribution in [3.63, 3.8) is 0 Å². The van der Waals surface area contributed by atoms with Crippen LogP contribution in [0.5, 0.6) is 0 Å². The maximum absolute atomic E-state index is 13.1. The van der Waals surface area contributed by atoms with E-state index in [9.17, 15) is 17.6 Å². The maximum atomic E-state index is 13.1. The number of aryl methyl sites for hydroxylation is 1. The summed E-state index contributed by atoms with van der Waals surface area (Å²) in [7, 11) is -3.84. The fraction of sp³-hybridized carbons (Fsp3) is 0.136. The van der Waals surface area contributed by atoms with E-state index in [0.717, 1.165) is 11.1 Å². The molecule has 0 bridgehead atoms. The number of halogens is 1. The van der Waals surface area contributed by atoms with Gasteiger partial charge in [-0.05, 0) is 61.9 Å². The van der Waals surface area contributed by atoms with Crippen LogP contribution in [0.25, 0.3) is 0 Å². The van der Waals surface area contributed by atoms with Crippen LogP contribution in [0.15, 0.2) is 77.7 Å². The molecular formula is C22H21FN2O3S. The molecule has 3 aromatic rings. The Labute approximate surface area is 169 Å². The smallest absolute Gasteiger partial charge is 0.261 e. The molecule has 0 unspecified atom stereocenters. The molecule has 0 spiro atoms. The quantitative estimate of drug-likeness (QED) is 0.629. The third kappa shape index (κ3) is 5.20. The summed E-state index contributed by atoms with van der Waals surface area (Å²) in [6.45, 7) is 3.68. The van der Waals surface area contributed by atoms with E-state index in [2.05, 4.69) is 10.0 Å². The molecule has 5 nitrogen and oxygen atoms in total. The first kappa shape index (κ1) is 20.5. The van der Waals surface area contributed by atoms with Gasteiger partial charge in [0.2, 0.25) is 0 Å². The van der Waals surface area contributed by atoms with E-state index in [0.29, 0.717) is 5.69 Å². The first-order chi connectivity index (χ1) is 13.7. The molecule has 0 saturated heterocycles. The highest BCUT2D eigenvalue weighted by Gasteiger charge is 2.18. The zero-order valence-electron chi connectivity index (χ0n) is 16.0. The zero-order chi connectivity index (χ0) is 21.0. The summed E-state index contributed by atoms with van der Waals surface area (Å²) in [5.74, 6) is -0.777. The standard InChI is InChI=1S/C22H21FN2O3S/c1-15-6-12-20(13-7-15)25-29(27,28)21-5-3-4-18(14-21)22(26)24-16(2)17-8-10-19(23)11-9-17/h3-14,16,25H,1-2H3,(H,24,26)/t16-/m0/s1. The summed E-state index contributed by atoms with van der Waals surface area (Å²) in [5, 5.41) is 2.79. The van der Waals surface area contributed by atoms with Crippen LogP contribution in [-0.2, 0) is 10.0 Å². The number of hydrogen-bond acceptors (Lipinski definition) is 3. The summed E-state index contributed by atoms with van der Waals surface area (Å²) in [6.07, 6.45) is 0. The van der Waals surface area contributed by atoms with Gasteiger partial charge in [0.1, 0.15) is 5.82 Å². The highest BCUT2D eigenvalue weighted by molar-refractivity contribution is 7.92. The predicted molar refractivity (Wildman–Crippen MR) is 111 cm³/mol. The van der Waals surface area contributed by atoms with E-state index < -0.39 is 15.9 Å². The number of amides is 1. The van der Waals surface area contributed by atoms with Gasteiger partial charge < -0.3 is 5.32 Å². The Morgan fingerprint density at radius 1 is 0.966 bits per heavy atom. The molecule has 2 N–H and O–H groups in total. The molecule has 0 saturated carbocycles. The SMILES string of the molecule is Cc1ccc(NS(=O)(=O)c2cccc(C(=O)N[C@@H](C)c3ccc(F)cc3)c2)cc1. The van der Waals surface area contributed by atoms with E-state index in [1.165, 1.54) is 36.4 Å². The third-order valence-corrected chi connectivity index (χ3v) is 5.81. The number of rotatable bonds is 6. The number of nitrogens with one attached hydrogen (secondary N) is 2. The lowest BCUT2D eigenvalue weighted by Gasteiger charge is -2.15. The average molecular weight is 412 g/mol. The molecule has 0 radical (unpaired) electrons. The van der Waals surface area contributed by atoms with Crippen LogP contribution in [0, 0.1) is 12.7 Å². The Hall–Kier alpha value is -3.19. The Balaban J connectivity index is 1.76. The van der Waals surface area contributed by atoms with Crippen LogP contribution < -0.4 is 10.0 Å². The van der Waals surface area contributed by atoms with Gasteiger partial charge in [0, 0.05) is 11.3 Å². The van der Waals surface area contributed by atoms with Crippen LogP contribution >= 0.6 is 0 Å². The first-order valence-corrected chi connectivity index (χ1v) is 10.5. The van der Waals surface area contributed by atoms with Crippen molar-refractivity contribution in [1.29, 1.82) is 0 Å². The van der Waals surface area contributed by atoms with Gasteiger partial charge in [-0.2, -0.15) is 0 Å². The molecule has 7 heteroatoms. The van der Waals surface area contributed by atoms with Gasteiger partial charge in [-0.3, -0.25) is 9.52 Å². The van der Waals surface area contributed by atoms with E-state index in [-0.39, 0.29) is 22.3 Å². The molecule has 1 atom stereocenters. The second-order valence-corrected chi connectivity index (χ2v) is 8.43. The highest BCUT2D eigenvalue weighted by Crippen LogP contribution is 2.19. The fourth-order valence-electron chi connectivity index (χ4n) is 2.75. The van der Waals surface area contributed by atoms with Gasteiger partial charge in [-0.15, -0.1) is 0 Å².